The van der Waals surface area contributed by atoms with Crippen LogP contribution in [0.4, 0.5) is 4.39 Å². The van der Waals surface area contributed by atoms with E-state index in [0.717, 1.165) is 37.2 Å². The molecule has 1 aliphatic heterocycles. The number of fused-ring (bicyclic) bond motifs is 1. The van der Waals surface area contributed by atoms with Gasteiger partial charge in [0, 0.05) is 30.4 Å². The first-order valence-electron chi connectivity index (χ1n) is 11.2. The molecule has 7 nitrogen and oxygen atoms in total. The smallest absolute Gasteiger partial charge is 0.251 e. The third kappa shape index (κ3) is 4.75. The number of likely N-dealkylation sites (tertiary alicyclic amines) is 1. The highest BCUT2D eigenvalue weighted by Gasteiger charge is 2.21. The maximum Gasteiger partial charge on any atom is 0.251 e. The number of carbonyl (C=O) groups is 1. The standard InChI is InChI=1S/C25H25FN6O/c26-22-8-2-1-5-20(22)17-31-13-10-18(11-14-31)16-28-25(33)19-6-3-7-21(15-19)32-24-23(29-30-32)9-4-12-27-24/h1-9,12,15,18H,10-11,13-14,16-17H2,(H,28,33). The topological polar surface area (TPSA) is 75.9 Å². The lowest BCUT2D eigenvalue weighted by atomic mass is 9.96. The minimum Gasteiger partial charge on any atom is -0.352 e. The monoisotopic (exact) mass is 444 g/mol. The van der Waals surface area contributed by atoms with E-state index in [1.165, 1.54) is 6.07 Å². The molecule has 2 aromatic carbocycles. The number of rotatable bonds is 6. The van der Waals surface area contributed by atoms with E-state index in [0.29, 0.717) is 35.7 Å². The average molecular weight is 445 g/mol. The number of piperidine rings is 1. The molecular weight excluding hydrogens is 419 g/mol. The molecule has 0 bridgehead atoms. The van der Waals surface area contributed by atoms with Crippen LogP contribution >= 0.6 is 0 Å². The molecule has 168 valence electrons. The Morgan fingerprint density at radius 3 is 2.76 bits per heavy atom. The summed E-state index contributed by atoms with van der Waals surface area (Å²) < 4.78 is 15.5. The SMILES string of the molecule is O=C(NCC1CCN(Cc2ccccc2F)CC1)c1cccc(-n2nnc3cccnc32)c1. The van der Waals surface area contributed by atoms with Crippen LogP contribution in [0.2, 0.25) is 0 Å². The zero-order chi connectivity index (χ0) is 22.6. The lowest BCUT2D eigenvalue weighted by molar-refractivity contribution is 0.0935. The van der Waals surface area contributed by atoms with Gasteiger partial charge in [-0.2, -0.15) is 4.68 Å². The number of halogens is 1. The normalized spacial score (nSPS) is 15.1. The average Bonchev–Trinajstić information content (AvgIpc) is 3.29. The van der Waals surface area contributed by atoms with Crippen molar-refractivity contribution in [2.24, 2.45) is 5.92 Å². The summed E-state index contributed by atoms with van der Waals surface area (Å²) in [6, 6.07) is 17.9. The lowest BCUT2D eigenvalue weighted by Gasteiger charge is -2.32. The summed E-state index contributed by atoms with van der Waals surface area (Å²) >= 11 is 0. The van der Waals surface area contributed by atoms with E-state index in [-0.39, 0.29) is 11.7 Å². The number of benzene rings is 2. The molecule has 3 heterocycles. The number of pyridine rings is 1. The van der Waals surface area contributed by atoms with Crippen molar-refractivity contribution in [3.63, 3.8) is 0 Å². The Morgan fingerprint density at radius 2 is 1.91 bits per heavy atom. The number of hydrogen-bond acceptors (Lipinski definition) is 5. The van der Waals surface area contributed by atoms with Crippen molar-refractivity contribution in [2.75, 3.05) is 19.6 Å². The molecule has 4 aromatic rings. The Hall–Kier alpha value is -3.65. The van der Waals surface area contributed by atoms with Crippen LogP contribution in [0.1, 0.15) is 28.8 Å². The minimum absolute atomic E-state index is 0.108. The van der Waals surface area contributed by atoms with Gasteiger partial charge in [-0.1, -0.05) is 29.5 Å². The van der Waals surface area contributed by atoms with Gasteiger partial charge in [-0.05, 0) is 68.2 Å². The van der Waals surface area contributed by atoms with Crippen molar-refractivity contribution in [3.8, 4) is 5.69 Å². The number of nitrogens with zero attached hydrogens (tertiary/aromatic N) is 5. The van der Waals surface area contributed by atoms with Crippen LogP contribution in [-0.4, -0.2) is 50.4 Å². The van der Waals surface area contributed by atoms with E-state index in [1.807, 2.05) is 36.4 Å². The molecule has 2 aromatic heterocycles. The summed E-state index contributed by atoms with van der Waals surface area (Å²) in [4.78, 5) is 19.4. The van der Waals surface area contributed by atoms with Gasteiger partial charge in [0.25, 0.3) is 5.91 Å². The third-order valence-electron chi connectivity index (χ3n) is 6.17. The highest BCUT2D eigenvalue weighted by Crippen LogP contribution is 2.20. The van der Waals surface area contributed by atoms with Crippen LogP contribution in [0.25, 0.3) is 16.9 Å². The number of carbonyl (C=O) groups excluding carboxylic acids is 1. The maximum atomic E-state index is 13.9. The first-order valence-corrected chi connectivity index (χ1v) is 11.2. The number of aromatic nitrogens is 4. The van der Waals surface area contributed by atoms with E-state index >= 15 is 0 Å². The van der Waals surface area contributed by atoms with Crippen molar-refractivity contribution < 1.29 is 9.18 Å². The number of hydrogen-bond donors (Lipinski definition) is 1. The molecule has 8 heteroatoms. The first kappa shape index (κ1) is 21.2. The maximum absolute atomic E-state index is 13.9. The van der Waals surface area contributed by atoms with Gasteiger partial charge >= 0.3 is 0 Å². The Balaban J connectivity index is 1.16. The summed E-state index contributed by atoms with van der Waals surface area (Å²) in [5.74, 6) is 0.157. The van der Waals surface area contributed by atoms with Crippen molar-refractivity contribution in [3.05, 3.63) is 83.8 Å². The second kappa shape index (κ2) is 9.46. The molecule has 0 aliphatic carbocycles. The first-order chi connectivity index (χ1) is 16.2. The molecule has 1 saturated heterocycles. The van der Waals surface area contributed by atoms with Crippen LogP contribution in [0.15, 0.2) is 66.9 Å². The van der Waals surface area contributed by atoms with Crippen LogP contribution in [-0.2, 0) is 6.54 Å². The van der Waals surface area contributed by atoms with Crippen molar-refractivity contribution in [1.29, 1.82) is 0 Å². The fourth-order valence-corrected chi connectivity index (χ4v) is 4.27. The summed E-state index contributed by atoms with van der Waals surface area (Å²) in [7, 11) is 0. The second-order valence-corrected chi connectivity index (χ2v) is 8.42. The molecule has 5 rings (SSSR count). The van der Waals surface area contributed by atoms with Crippen molar-refractivity contribution >= 4 is 17.1 Å². The molecular formula is C25H25FN6O. The largest absolute Gasteiger partial charge is 0.352 e. The Morgan fingerprint density at radius 1 is 1.06 bits per heavy atom. The molecule has 0 spiro atoms. The predicted molar refractivity (Wildman–Crippen MR) is 123 cm³/mol. The molecule has 0 saturated carbocycles. The van der Waals surface area contributed by atoms with Gasteiger partial charge in [0.05, 0.1) is 5.69 Å². The Bertz CT molecular complexity index is 1260. The highest BCUT2D eigenvalue weighted by atomic mass is 19.1. The third-order valence-corrected chi connectivity index (χ3v) is 6.17. The van der Waals surface area contributed by atoms with Crippen LogP contribution < -0.4 is 5.32 Å². The van der Waals surface area contributed by atoms with Gasteiger partial charge in [0.1, 0.15) is 11.3 Å². The Labute approximate surface area is 191 Å². The zero-order valence-corrected chi connectivity index (χ0v) is 18.2. The zero-order valence-electron chi connectivity index (χ0n) is 18.2. The van der Waals surface area contributed by atoms with Gasteiger partial charge in [-0.25, -0.2) is 9.37 Å². The molecule has 0 atom stereocenters. The van der Waals surface area contributed by atoms with Gasteiger partial charge in [0.2, 0.25) is 0 Å². The fourth-order valence-electron chi connectivity index (χ4n) is 4.27. The van der Waals surface area contributed by atoms with Crippen molar-refractivity contribution in [1.82, 2.24) is 30.2 Å². The Kier molecular flexibility index (Phi) is 6.08. The second-order valence-electron chi connectivity index (χ2n) is 8.42. The minimum atomic E-state index is -0.149. The highest BCUT2D eigenvalue weighted by molar-refractivity contribution is 5.94. The van der Waals surface area contributed by atoms with E-state index in [4.69, 9.17) is 0 Å². The van der Waals surface area contributed by atoms with E-state index in [9.17, 15) is 9.18 Å². The van der Waals surface area contributed by atoms with E-state index < -0.39 is 0 Å². The van der Waals surface area contributed by atoms with Crippen LogP contribution in [0, 0.1) is 11.7 Å². The van der Waals surface area contributed by atoms with Gasteiger partial charge < -0.3 is 5.32 Å². The van der Waals surface area contributed by atoms with E-state index in [2.05, 4.69) is 25.5 Å². The number of nitrogens with one attached hydrogen (secondary N) is 1. The van der Waals surface area contributed by atoms with Gasteiger partial charge in [-0.3, -0.25) is 9.69 Å². The summed E-state index contributed by atoms with van der Waals surface area (Å²) in [5.41, 5.74) is 3.40. The molecule has 1 aliphatic rings. The predicted octanol–water partition coefficient (Wildman–Crippen LogP) is 3.60. The molecule has 1 amide bonds. The summed E-state index contributed by atoms with van der Waals surface area (Å²) in [5, 5.41) is 11.4. The molecule has 1 N–H and O–H groups in total. The fraction of sp³-hybridized carbons (Fsp3) is 0.280. The van der Waals surface area contributed by atoms with Crippen LogP contribution in [0.3, 0.4) is 0 Å². The number of amides is 1. The van der Waals surface area contributed by atoms with Crippen molar-refractivity contribution in [2.45, 2.75) is 19.4 Å². The van der Waals surface area contributed by atoms with Gasteiger partial charge in [0.15, 0.2) is 5.65 Å². The molecule has 1 fully saturated rings. The van der Waals surface area contributed by atoms with Gasteiger partial charge in [-0.15, -0.1) is 5.10 Å². The molecule has 0 unspecified atom stereocenters. The molecule has 0 radical (unpaired) electrons. The lowest BCUT2D eigenvalue weighted by Crippen LogP contribution is -2.38. The van der Waals surface area contributed by atoms with E-state index in [1.54, 1.807) is 29.1 Å². The quantitative estimate of drug-likeness (QED) is 0.492. The summed E-state index contributed by atoms with van der Waals surface area (Å²) in [6.45, 7) is 3.06. The molecule has 33 heavy (non-hydrogen) atoms. The summed E-state index contributed by atoms with van der Waals surface area (Å²) in [6.07, 6.45) is 3.65. The van der Waals surface area contributed by atoms with Crippen LogP contribution in [0.5, 0.6) is 0 Å².